The van der Waals surface area contributed by atoms with Crippen LogP contribution in [-0.4, -0.2) is 17.1 Å². The number of H-pyrrole nitrogens is 1. The molecule has 1 aromatic heterocycles. The van der Waals surface area contributed by atoms with E-state index in [4.69, 9.17) is 0 Å². The number of aromatic nitrogens is 1. The average Bonchev–Trinajstić information content (AvgIpc) is 3.09. The molecular formula is C15H15N3O. The van der Waals surface area contributed by atoms with Crippen LogP contribution in [-0.2, 0) is 4.79 Å². The smallest absolute Gasteiger partial charge is 0.243 e. The minimum atomic E-state index is -0.00309. The van der Waals surface area contributed by atoms with Crippen LogP contribution in [0.1, 0.15) is 23.6 Å². The number of carbonyl (C=O) groups excluding carboxylic acids is 1. The molecule has 1 saturated carbocycles. The fourth-order valence-electron chi connectivity index (χ4n) is 2.23. The first kappa shape index (κ1) is 11.7. The highest BCUT2D eigenvalue weighted by molar-refractivity contribution is 5.84. The quantitative estimate of drug-likeness (QED) is 0.637. The van der Waals surface area contributed by atoms with E-state index in [9.17, 15) is 4.79 Å². The Balaban J connectivity index is 1.53. The number of nitrogens with one attached hydrogen (secondary N) is 2. The second-order valence-corrected chi connectivity index (χ2v) is 4.72. The molecule has 1 heterocycles. The standard InChI is InChI=1S/C15H15N3O/c19-15(18-17-10-12-7-4-8-16-12)14-9-13(14)11-5-2-1-3-6-11/h1-8,10,13-14,16H,9H2,(H,18,19)/b17-10+/t13-,14-/m1/s1. The Kier molecular flexibility index (Phi) is 3.14. The molecule has 2 N–H and O–H groups in total. The largest absolute Gasteiger partial charge is 0.360 e. The van der Waals surface area contributed by atoms with Gasteiger partial charge in [0.15, 0.2) is 0 Å². The Morgan fingerprint density at radius 1 is 1.26 bits per heavy atom. The number of nitrogens with zero attached hydrogens (tertiary/aromatic N) is 1. The highest BCUT2D eigenvalue weighted by Gasteiger charge is 2.43. The molecule has 0 aliphatic heterocycles. The lowest BCUT2D eigenvalue weighted by atomic mass is 10.1. The lowest BCUT2D eigenvalue weighted by molar-refractivity contribution is -0.122. The Labute approximate surface area is 111 Å². The fourth-order valence-corrected chi connectivity index (χ4v) is 2.23. The van der Waals surface area contributed by atoms with Gasteiger partial charge in [0.25, 0.3) is 0 Å². The molecule has 0 spiro atoms. The van der Waals surface area contributed by atoms with E-state index in [-0.39, 0.29) is 11.8 Å². The van der Waals surface area contributed by atoms with Gasteiger partial charge in [-0.25, -0.2) is 5.43 Å². The molecule has 19 heavy (non-hydrogen) atoms. The minimum absolute atomic E-state index is 0.00309. The summed E-state index contributed by atoms with van der Waals surface area (Å²) in [6.07, 6.45) is 4.33. The number of hydrazone groups is 1. The van der Waals surface area contributed by atoms with Crippen molar-refractivity contribution in [1.82, 2.24) is 10.4 Å². The van der Waals surface area contributed by atoms with E-state index in [2.05, 4.69) is 27.6 Å². The van der Waals surface area contributed by atoms with Gasteiger partial charge in [-0.1, -0.05) is 30.3 Å². The van der Waals surface area contributed by atoms with Crippen molar-refractivity contribution >= 4 is 12.1 Å². The average molecular weight is 253 g/mol. The number of rotatable bonds is 4. The topological polar surface area (TPSA) is 57.2 Å². The van der Waals surface area contributed by atoms with Crippen molar-refractivity contribution in [2.45, 2.75) is 12.3 Å². The first-order valence-corrected chi connectivity index (χ1v) is 6.36. The SMILES string of the molecule is O=C(N/N=C/c1ccc[nH]1)[C@@H]1C[C@@H]1c1ccccc1. The molecule has 1 aliphatic carbocycles. The molecule has 0 unspecified atom stereocenters. The van der Waals surface area contributed by atoms with Gasteiger partial charge >= 0.3 is 0 Å². The summed E-state index contributed by atoms with van der Waals surface area (Å²) in [6, 6.07) is 13.9. The van der Waals surface area contributed by atoms with Crippen molar-refractivity contribution in [3.05, 3.63) is 59.9 Å². The van der Waals surface area contributed by atoms with Gasteiger partial charge in [-0.15, -0.1) is 0 Å². The predicted molar refractivity (Wildman–Crippen MR) is 73.8 cm³/mol. The monoisotopic (exact) mass is 253 g/mol. The number of hydrogen-bond donors (Lipinski definition) is 2. The summed E-state index contributed by atoms with van der Waals surface area (Å²) in [5.74, 6) is 0.404. The molecule has 1 amide bonds. The van der Waals surface area contributed by atoms with Gasteiger partial charge in [0.05, 0.1) is 11.9 Å². The highest BCUT2D eigenvalue weighted by Crippen LogP contribution is 2.47. The second-order valence-electron chi connectivity index (χ2n) is 4.72. The third-order valence-electron chi connectivity index (χ3n) is 3.36. The maximum atomic E-state index is 11.9. The number of aromatic amines is 1. The highest BCUT2D eigenvalue weighted by atomic mass is 16.2. The zero-order chi connectivity index (χ0) is 13.1. The second kappa shape index (κ2) is 5.10. The normalized spacial score (nSPS) is 21.5. The van der Waals surface area contributed by atoms with Crippen molar-refractivity contribution in [1.29, 1.82) is 0 Å². The molecular weight excluding hydrogens is 238 g/mol. The lowest BCUT2D eigenvalue weighted by Crippen LogP contribution is -2.20. The third-order valence-corrected chi connectivity index (χ3v) is 3.36. The van der Waals surface area contributed by atoms with E-state index in [1.807, 2.05) is 36.5 Å². The summed E-state index contributed by atoms with van der Waals surface area (Å²) in [5, 5.41) is 3.95. The number of carbonyl (C=O) groups is 1. The van der Waals surface area contributed by atoms with Crippen LogP contribution in [0, 0.1) is 5.92 Å². The maximum Gasteiger partial charge on any atom is 0.243 e. The molecule has 96 valence electrons. The van der Waals surface area contributed by atoms with Crippen molar-refractivity contribution in [2.75, 3.05) is 0 Å². The molecule has 2 aromatic rings. The minimum Gasteiger partial charge on any atom is -0.360 e. The summed E-state index contributed by atoms with van der Waals surface area (Å²) in [7, 11) is 0. The van der Waals surface area contributed by atoms with Crippen LogP contribution in [0.2, 0.25) is 0 Å². The van der Waals surface area contributed by atoms with Gasteiger partial charge in [0.2, 0.25) is 5.91 Å². The van der Waals surface area contributed by atoms with Crippen molar-refractivity contribution in [3.63, 3.8) is 0 Å². The molecule has 1 fully saturated rings. The van der Waals surface area contributed by atoms with E-state index in [0.717, 1.165) is 12.1 Å². The number of benzene rings is 1. The maximum absolute atomic E-state index is 11.9. The van der Waals surface area contributed by atoms with Crippen LogP contribution < -0.4 is 5.43 Å². The zero-order valence-corrected chi connectivity index (χ0v) is 10.4. The molecule has 1 aliphatic rings. The van der Waals surface area contributed by atoms with Crippen molar-refractivity contribution in [2.24, 2.45) is 11.0 Å². The van der Waals surface area contributed by atoms with Gasteiger partial charge in [0.1, 0.15) is 0 Å². The van der Waals surface area contributed by atoms with Crippen LogP contribution in [0.25, 0.3) is 0 Å². The van der Waals surface area contributed by atoms with Crippen molar-refractivity contribution < 1.29 is 4.79 Å². The summed E-state index contributed by atoms with van der Waals surface area (Å²) in [6.45, 7) is 0. The van der Waals surface area contributed by atoms with Gasteiger partial charge in [-0.2, -0.15) is 5.10 Å². The van der Waals surface area contributed by atoms with Crippen LogP contribution in [0.4, 0.5) is 0 Å². The van der Waals surface area contributed by atoms with Gasteiger partial charge in [-0.3, -0.25) is 4.79 Å². The van der Waals surface area contributed by atoms with E-state index >= 15 is 0 Å². The lowest BCUT2D eigenvalue weighted by Gasteiger charge is -1.99. The predicted octanol–water partition coefficient (Wildman–Crippen LogP) is 2.27. The van der Waals surface area contributed by atoms with Crippen LogP contribution in [0.15, 0.2) is 53.8 Å². The summed E-state index contributed by atoms with van der Waals surface area (Å²) < 4.78 is 0. The zero-order valence-electron chi connectivity index (χ0n) is 10.4. The van der Waals surface area contributed by atoms with Crippen molar-refractivity contribution in [3.8, 4) is 0 Å². The van der Waals surface area contributed by atoms with Crippen LogP contribution in [0.5, 0.6) is 0 Å². The van der Waals surface area contributed by atoms with E-state index in [1.165, 1.54) is 5.56 Å². The Morgan fingerprint density at radius 2 is 2.11 bits per heavy atom. The van der Waals surface area contributed by atoms with Gasteiger partial charge < -0.3 is 4.98 Å². The summed E-state index contributed by atoms with van der Waals surface area (Å²) in [5.41, 5.74) is 4.70. The molecule has 1 aromatic carbocycles. The van der Waals surface area contributed by atoms with Gasteiger partial charge in [-0.05, 0) is 30.0 Å². The molecule has 4 nitrogen and oxygen atoms in total. The molecule has 2 atom stereocenters. The summed E-state index contributed by atoms with van der Waals surface area (Å²) in [4.78, 5) is 14.9. The van der Waals surface area contributed by atoms with E-state index in [1.54, 1.807) is 6.21 Å². The fraction of sp³-hybridized carbons (Fsp3) is 0.200. The first-order valence-electron chi connectivity index (χ1n) is 6.36. The molecule has 4 heteroatoms. The number of amides is 1. The number of hydrogen-bond acceptors (Lipinski definition) is 2. The molecule has 0 bridgehead atoms. The Morgan fingerprint density at radius 3 is 2.84 bits per heavy atom. The summed E-state index contributed by atoms with van der Waals surface area (Å²) >= 11 is 0. The van der Waals surface area contributed by atoms with Crippen LogP contribution in [0.3, 0.4) is 0 Å². The molecule has 3 rings (SSSR count). The molecule has 0 radical (unpaired) electrons. The molecule has 0 saturated heterocycles. The Bertz CT molecular complexity index is 575. The van der Waals surface area contributed by atoms with Gasteiger partial charge in [0, 0.05) is 12.1 Å². The van der Waals surface area contributed by atoms with Crippen LogP contribution >= 0.6 is 0 Å². The first-order chi connectivity index (χ1) is 9.34. The Hall–Kier alpha value is -2.36. The third kappa shape index (κ3) is 2.73. The van der Waals surface area contributed by atoms with E-state index < -0.39 is 0 Å². The van der Waals surface area contributed by atoms with E-state index in [0.29, 0.717) is 5.92 Å².